The van der Waals surface area contributed by atoms with Crippen LogP contribution in [0.3, 0.4) is 0 Å². The molecule has 2 aliphatic carbocycles. The monoisotopic (exact) mass is 1870 g/mol. The average Bonchev–Trinajstić information content (AvgIpc) is 1.49. The fourth-order valence-corrected chi connectivity index (χ4v) is 19.2. The van der Waals surface area contributed by atoms with Crippen molar-refractivity contribution in [3.63, 3.8) is 0 Å². The minimum atomic E-state index is -2.52. The molecule has 0 aromatic heterocycles. The van der Waals surface area contributed by atoms with E-state index in [0.29, 0.717) is 63.4 Å². The second kappa shape index (κ2) is 54.2. The number of carboxylic acid groups (broad SMARTS) is 1. The minimum Gasteiger partial charge on any atom is -0.480 e. The number of Topliss-reactive ketones (excluding diaryl/α,β-unsaturated/α-hetero) is 3. The van der Waals surface area contributed by atoms with Crippen LogP contribution < -0.4 is 21.3 Å². The molecule has 3 aliphatic heterocycles. The number of methoxy groups -OCH3 is 3. The summed E-state index contributed by atoms with van der Waals surface area (Å²) < 4.78 is 52.5. The number of nitrogens with zero attached hydrogens (tertiary/aromatic N) is 1. The number of amides is 5. The Labute approximate surface area is 766 Å². The number of allylic oxidation sites excluding steroid dienone is 6. The van der Waals surface area contributed by atoms with Crippen LogP contribution in [0.4, 0.5) is 9.59 Å². The largest absolute Gasteiger partial charge is 0.508 e. The van der Waals surface area contributed by atoms with Gasteiger partial charge in [0, 0.05) is 113 Å². The van der Waals surface area contributed by atoms with Crippen molar-refractivity contribution in [1.29, 1.82) is 0 Å². The van der Waals surface area contributed by atoms with Crippen LogP contribution in [0.1, 0.15) is 169 Å². The number of benzene rings is 2. The lowest BCUT2D eigenvalue weighted by Gasteiger charge is -2.42. The fourth-order valence-electron chi connectivity index (χ4n) is 16.6. The topological polar surface area (TPSA) is 501 Å². The van der Waals surface area contributed by atoms with E-state index >= 15 is 0 Å². The lowest BCUT2D eigenvalue weighted by molar-refractivity contribution is -0.265. The summed E-state index contributed by atoms with van der Waals surface area (Å²) in [7, 11) is 6.53. The number of carboxylic acids is 1. The van der Waals surface area contributed by atoms with Crippen LogP contribution in [0.2, 0.25) is 0 Å². The second-order valence-electron chi connectivity index (χ2n) is 34.2. The van der Waals surface area contributed by atoms with E-state index in [2.05, 4.69) is 21.3 Å². The van der Waals surface area contributed by atoms with Crippen LogP contribution in [0.15, 0.2) is 96.1 Å². The summed E-state index contributed by atoms with van der Waals surface area (Å²) in [6.45, 7) is 11.4. The van der Waals surface area contributed by atoms with Gasteiger partial charge in [0.2, 0.25) is 29.4 Å². The number of hydrogen-bond donors (Lipinski definition) is 12. The molecule has 2 bridgehead atoms. The smallest absolute Gasteiger partial charge is 0.480 e. The SMILES string of the molecule is CO[C@H]1C[C@@H]2CC[C@@H](C)[C@@](O)(O2)C(=O)C(=O)N2CCCC[C@H]2C(=O)O[C@H]([C@H](C)C[C@@H]2CC[C@@H](OCCOC(=O)OCCSSC[C@@H](NC(=O)[C@H](CNC(=O)CCSC(=O)OCC3c4ccccc4-c4ccccc43)NC(=O)[C@@H](C)CCC(=O)NC[C@H](O)[C@@H](O)[C@H](O)[C@H](O)CO)C(=O)O)[C@H](OC)C2)CC(=O)[C@H](C)/C=C(\C)[C@@H](O)[C@@H](OC)C(=O)[C@H](C)C[C@H](C)/C=C/C=C/C=C/1C. The number of aliphatic carboxylic acids is 1. The van der Waals surface area contributed by atoms with E-state index in [9.17, 15) is 93.3 Å². The number of aliphatic hydroxyl groups is 7. The first-order valence-electron chi connectivity index (χ1n) is 44.3. The molecule has 2 saturated heterocycles. The third-order valence-corrected chi connectivity index (χ3v) is 27.6. The first kappa shape index (κ1) is 108. The van der Waals surface area contributed by atoms with Crippen LogP contribution in [-0.4, -0.2) is 298 Å². The van der Waals surface area contributed by atoms with Gasteiger partial charge in [0.05, 0.1) is 43.7 Å². The Balaban J connectivity index is 0.903. The standard InChI is InChI=1S/C92H133N5O29S3/c1-52-21-13-12-14-22-53(2)74(118-9)45-61-31-29-59(8)92(117,126-61)84(108)87(111)97-35-20-19-27-69(97)89(114)125-75(46-70(99)55(4)42-58(7)80(105)83(120-11)79(104)57(6)41-52)56(5)43-60-30-32-73(76(44-60)119-10)121-36-37-122-90(115)123-38-40-128-129-51-68(88(112)113)96-86(110)67(95-85(109)54(3)28-33-77(102)94-48-71(100)81(106)82(107)72(101)49-98)47-93-78(103)34-39-127-91(116)124-50-66-64-25-17-15-23-62(64)63-24-16-18-26-65(63)66/h12-18,21-26,42,52,54-57,59-61,66-69,71-76,80-83,98,100-101,105-107,117H,19-20,27-41,43-51H2,1-11H3,(H,93,103)(H,94,102)(H,95,109)(H,96,110)(H,112,113)/b14-12+,21-13+,53-22+,58-42+/t52-,54+,55-,56-,57-,59-,60+,61+,67+,68-,69+,71+,72-,73-,74+,75+,76-,80-,81-,82-,83+,92-/m1/s1. The molecule has 5 amide bonds. The van der Waals surface area contributed by atoms with Crippen LogP contribution in [0.5, 0.6) is 0 Å². The number of rotatable bonds is 37. The Kier molecular flexibility index (Phi) is 45.4. The molecule has 0 spiro atoms. The number of ketones is 3. The van der Waals surface area contributed by atoms with E-state index < -0.39 is 199 Å². The van der Waals surface area contributed by atoms with E-state index in [1.165, 1.54) is 21.1 Å². The first-order valence-corrected chi connectivity index (χ1v) is 47.7. The Morgan fingerprint density at radius 1 is 0.690 bits per heavy atom. The summed E-state index contributed by atoms with van der Waals surface area (Å²) in [5.41, 5.74) is 5.26. The third-order valence-electron chi connectivity index (χ3n) is 24.5. The molecule has 718 valence electrons. The number of fused-ring (bicyclic) bond motifs is 6. The van der Waals surface area contributed by atoms with Gasteiger partial charge in [-0.2, -0.15) is 0 Å². The predicted molar refractivity (Wildman–Crippen MR) is 480 cm³/mol. The van der Waals surface area contributed by atoms with Gasteiger partial charge in [-0.3, -0.25) is 38.4 Å². The summed E-state index contributed by atoms with van der Waals surface area (Å²) >= 11 is 0.761. The van der Waals surface area contributed by atoms with E-state index in [4.69, 9.17) is 47.7 Å². The zero-order valence-corrected chi connectivity index (χ0v) is 77.9. The normalized spacial score (nSPS) is 28.0. The molecular formula is C92H133N5O29S3. The Morgan fingerprint density at radius 3 is 2.03 bits per heavy atom. The highest BCUT2D eigenvalue weighted by Gasteiger charge is 2.54. The number of carbonyl (C=O) groups is 12. The zero-order valence-electron chi connectivity index (χ0n) is 75.5. The number of thioether (sulfide) groups is 1. The highest BCUT2D eigenvalue weighted by Crippen LogP contribution is 2.45. The molecule has 2 aromatic carbocycles. The molecule has 1 saturated carbocycles. The molecule has 2 aromatic rings. The summed E-state index contributed by atoms with van der Waals surface area (Å²) in [6, 6.07) is 11.2. The third kappa shape index (κ3) is 32.7. The Hall–Kier alpha value is -7.99. The first-order chi connectivity index (χ1) is 61.4. The van der Waals surface area contributed by atoms with Crippen LogP contribution in [-0.2, 0) is 90.6 Å². The van der Waals surface area contributed by atoms with Gasteiger partial charge in [-0.25, -0.2) is 19.2 Å². The molecule has 0 unspecified atom stereocenters. The van der Waals surface area contributed by atoms with Gasteiger partial charge in [-0.15, -0.1) is 0 Å². The summed E-state index contributed by atoms with van der Waals surface area (Å²) in [6.07, 6.45) is 0.335. The highest BCUT2D eigenvalue weighted by atomic mass is 33.1. The van der Waals surface area contributed by atoms with Gasteiger partial charge < -0.3 is 110 Å². The van der Waals surface area contributed by atoms with Crippen molar-refractivity contribution in [2.75, 3.05) is 91.3 Å². The summed E-state index contributed by atoms with van der Waals surface area (Å²) in [5.74, 6) is -15.0. The number of nitrogens with one attached hydrogen (secondary N) is 4. The number of carbonyl (C=O) groups excluding carboxylic acids is 11. The number of aliphatic hydroxyl groups excluding tert-OH is 6. The van der Waals surface area contributed by atoms with Crippen LogP contribution in [0, 0.1) is 41.4 Å². The van der Waals surface area contributed by atoms with Crippen molar-refractivity contribution in [3.05, 3.63) is 107 Å². The lowest BCUT2D eigenvalue weighted by Crippen LogP contribution is -2.61. The molecule has 12 N–H and O–H groups in total. The molecule has 37 heteroatoms. The molecular weight excluding hydrogens is 1740 g/mol. The highest BCUT2D eigenvalue weighted by molar-refractivity contribution is 8.76. The van der Waals surface area contributed by atoms with Gasteiger partial charge in [0.25, 0.3) is 11.7 Å². The molecule has 34 nitrogen and oxygen atoms in total. The van der Waals surface area contributed by atoms with Crippen molar-refractivity contribution in [3.8, 4) is 11.1 Å². The maximum atomic E-state index is 14.8. The molecule has 5 aliphatic rings. The molecule has 22 atom stereocenters. The number of esters is 1. The molecule has 3 fully saturated rings. The van der Waals surface area contributed by atoms with Crippen LogP contribution >= 0.6 is 33.3 Å². The fraction of sp³-hybridized carbons (Fsp3) is 0.652. The maximum absolute atomic E-state index is 14.8. The maximum Gasteiger partial charge on any atom is 0.508 e. The second-order valence-corrected chi connectivity index (χ2v) is 37.8. The van der Waals surface area contributed by atoms with Gasteiger partial charge in [0.1, 0.15) is 80.4 Å². The molecule has 7 rings (SSSR count). The quantitative estimate of drug-likeness (QED) is 0.00812. The number of piperidine rings is 1. The van der Waals surface area contributed by atoms with E-state index in [-0.39, 0.29) is 118 Å². The number of cyclic esters (lactones) is 1. The molecule has 0 radical (unpaired) electrons. The predicted octanol–water partition coefficient (Wildman–Crippen LogP) is 6.95. The van der Waals surface area contributed by atoms with Gasteiger partial charge in [-0.1, -0.05) is 148 Å². The molecule has 3 heterocycles. The van der Waals surface area contributed by atoms with Crippen molar-refractivity contribution < 1.29 is 141 Å². The zero-order chi connectivity index (χ0) is 94.8. The van der Waals surface area contributed by atoms with Gasteiger partial charge >= 0.3 is 23.4 Å². The number of hydrogen-bond acceptors (Lipinski definition) is 31. The Morgan fingerprint density at radius 2 is 1.36 bits per heavy atom. The van der Waals surface area contributed by atoms with Gasteiger partial charge in [-0.05, 0) is 147 Å². The Bertz CT molecular complexity index is 4140. The van der Waals surface area contributed by atoms with Crippen molar-refractivity contribution in [1.82, 2.24) is 26.2 Å². The van der Waals surface area contributed by atoms with E-state index in [0.717, 1.165) is 66.1 Å². The van der Waals surface area contributed by atoms with Crippen molar-refractivity contribution in [2.45, 2.75) is 249 Å². The molecule has 129 heavy (non-hydrogen) atoms. The van der Waals surface area contributed by atoms with Crippen LogP contribution in [0.25, 0.3) is 11.1 Å². The summed E-state index contributed by atoms with van der Waals surface area (Å²) in [4.78, 5) is 165. The van der Waals surface area contributed by atoms with Gasteiger partial charge in [0.15, 0.2) is 5.78 Å². The van der Waals surface area contributed by atoms with E-state index in [1.54, 1.807) is 40.9 Å². The van der Waals surface area contributed by atoms with Crippen molar-refractivity contribution >= 4 is 104 Å². The van der Waals surface area contributed by atoms with Crippen molar-refractivity contribution in [2.24, 2.45) is 41.4 Å². The number of ether oxygens (including phenoxy) is 9. The van der Waals surface area contributed by atoms with E-state index in [1.807, 2.05) is 99.7 Å². The average molecular weight is 1870 g/mol. The lowest BCUT2D eigenvalue weighted by atomic mass is 9.78. The summed E-state index contributed by atoms with van der Waals surface area (Å²) in [5, 5.41) is 92.2. The minimum absolute atomic E-state index is 0.00133.